The van der Waals surface area contributed by atoms with Crippen molar-refractivity contribution in [2.24, 2.45) is 7.05 Å². The molecule has 1 aliphatic carbocycles. The molecular weight excluding hydrogens is 487 g/mol. The standard InChI is InChI=1S/C28H29FN6O3/c1-16-9-26(32-31-16)30-22-10-18(14-33(2)27(22)37)20-12-19(29)13-24(21(20)15-36)35-8-7-34-23-6-4-3-5-17(23)11-25(34)28(35)38/h9-14,36H,3-8,15H2,1-2H3,(H2,30,31,32). The number of fused-ring (bicyclic) bond motifs is 3. The van der Waals surface area contributed by atoms with E-state index < -0.39 is 12.4 Å². The van der Waals surface area contributed by atoms with Gasteiger partial charge in [-0.3, -0.25) is 14.7 Å². The second-order valence-electron chi connectivity index (χ2n) is 10.0. The van der Waals surface area contributed by atoms with E-state index in [2.05, 4.69) is 20.1 Å². The summed E-state index contributed by atoms with van der Waals surface area (Å²) >= 11 is 0. The molecule has 0 radical (unpaired) electrons. The lowest BCUT2D eigenvalue weighted by Gasteiger charge is -2.31. The molecule has 196 valence electrons. The third-order valence-corrected chi connectivity index (χ3v) is 7.52. The quantitative estimate of drug-likeness (QED) is 0.374. The fourth-order valence-corrected chi connectivity index (χ4v) is 5.72. The maximum Gasteiger partial charge on any atom is 0.274 e. The number of aliphatic hydroxyl groups is 1. The molecular formula is C28H29FN6O3. The molecule has 0 saturated heterocycles. The number of aliphatic hydroxyl groups excluding tert-OH is 1. The number of hydrogen-bond donors (Lipinski definition) is 3. The van der Waals surface area contributed by atoms with Crippen LogP contribution in [0.15, 0.2) is 41.3 Å². The normalized spacial score (nSPS) is 14.9. The van der Waals surface area contributed by atoms with Crippen LogP contribution in [0.1, 0.15) is 45.8 Å². The smallest absolute Gasteiger partial charge is 0.274 e. The number of anilines is 3. The van der Waals surface area contributed by atoms with E-state index in [4.69, 9.17) is 0 Å². The summed E-state index contributed by atoms with van der Waals surface area (Å²) in [5.41, 5.74) is 5.56. The lowest BCUT2D eigenvalue weighted by molar-refractivity contribution is 0.0964. The molecule has 4 heterocycles. The van der Waals surface area contributed by atoms with E-state index in [1.54, 1.807) is 30.3 Å². The number of carbonyl (C=O) groups is 1. The first-order valence-corrected chi connectivity index (χ1v) is 12.8. The Bertz CT molecular complexity index is 1630. The zero-order chi connectivity index (χ0) is 26.6. The molecule has 9 nitrogen and oxygen atoms in total. The van der Waals surface area contributed by atoms with Crippen LogP contribution in [0.3, 0.4) is 0 Å². The minimum atomic E-state index is -0.536. The third kappa shape index (κ3) is 4.01. The number of pyridine rings is 1. The van der Waals surface area contributed by atoms with Gasteiger partial charge < -0.3 is 24.5 Å². The second-order valence-corrected chi connectivity index (χ2v) is 10.0. The van der Waals surface area contributed by atoms with Gasteiger partial charge in [0.1, 0.15) is 17.2 Å². The van der Waals surface area contributed by atoms with E-state index in [1.807, 2.05) is 13.0 Å². The van der Waals surface area contributed by atoms with Crippen molar-refractivity contribution in [2.45, 2.75) is 45.8 Å². The van der Waals surface area contributed by atoms with Crippen LogP contribution >= 0.6 is 0 Å². The Labute approximate surface area is 218 Å². The molecule has 0 unspecified atom stereocenters. The lowest BCUT2D eigenvalue weighted by Crippen LogP contribution is -2.41. The molecule has 1 aliphatic heterocycles. The molecule has 3 aromatic heterocycles. The summed E-state index contributed by atoms with van der Waals surface area (Å²) in [5, 5.41) is 20.4. The van der Waals surface area contributed by atoms with Crippen molar-refractivity contribution in [1.29, 1.82) is 0 Å². The molecule has 0 fully saturated rings. The average molecular weight is 517 g/mol. The van der Waals surface area contributed by atoms with Crippen molar-refractivity contribution in [3.05, 3.63) is 80.9 Å². The van der Waals surface area contributed by atoms with Crippen LogP contribution in [-0.4, -0.2) is 36.9 Å². The number of hydrogen-bond acceptors (Lipinski definition) is 5. The summed E-state index contributed by atoms with van der Waals surface area (Å²) in [6, 6.07) is 7.98. The maximum atomic E-state index is 15.1. The number of aromatic nitrogens is 4. The number of nitrogens with one attached hydrogen (secondary N) is 2. The largest absolute Gasteiger partial charge is 0.392 e. The first kappa shape index (κ1) is 24.2. The number of H-pyrrole nitrogens is 1. The predicted molar refractivity (Wildman–Crippen MR) is 142 cm³/mol. The van der Waals surface area contributed by atoms with Crippen LogP contribution < -0.4 is 15.8 Å². The molecule has 2 aliphatic rings. The van der Waals surface area contributed by atoms with E-state index in [-0.39, 0.29) is 17.2 Å². The van der Waals surface area contributed by atoms with Gasteiger partial charge in [-0.15, -0.1) is 0 Å². The molecule has 6 rings (SSSR count). The van der Waals surface area contributed by atoms with E-state index >= 15 is 4.39 Å². The third-order valence-electron chi connectivity index (χ3n) is 7.52. The predicted octanol–water partition coefficient (Wildman–Crippen LogP) is 3.80. The van der Waals surface area contributed by atoms with Crippen molar-refractivity contribution in [3.63, 3.8) is 0 Å². The van der Waals surface area contributed by atoms with Crippen LogP contribution in [0.25, 0.3) is 11.1 Å². The highest BCUT2D eigenvalue weighted by atomic mass is 19.1. The van der Waals surface area contributed by atoms with Gasteiger partial charge in [-0.1, -0.05) is 0 Å². The monoisotopic (exact) mass is 516 g/mol. The topological polar surface area (TPSA) is 108 Å². The SMILES string of the molecule is Cc1cc(Nc2cc(-c3cc(F)cc(N4CCn5c(cc6c5CCCC6)C4=O)c3CO)cn(C)c2=O)n[nH]1. The highest BCUT2D eigenvalue weighted by molar-refractivity contribution is 6.07. The van der Waals surface area contributed by atoms with Crippen LogP contribution in [0.5, 0.6) is 0 Å². The first-order chi connectivity index (χ1) is 18.3. The summed E-state index contributed by atoms with van der Waals surface area (Å²) < 4.78 is 18.6. The zero-order valence-corrected chi connectivity index (χ0v) is 21.3. The van der Waals surface area contributed by atoms with Crippen LogP contribution in [0, 0.1) is 12.7 Å². The number of halogens is 1. The molecule has 38 heavy (non-hydrogen) atoms. The van der Waals surface area contributed by atoms with E-state index in [0.29, 0.717) is 47.0 Å². The van der Waals surface area contributed by atoms with Crippen LogP contribution in [0.2, 0.25) is 0 Å². The molecule has 0 spiro atoms. The summed E-state index contributed by atoms with van der Waals surface area (Å²) in [6.07, 6.45) is 5.77. The molecule has 1 aromatic carbocycles. The minimum absolute atomic E-state index is 0.200. The van der Waals surface area contributed by atoms with E-state index in [9.17, 15) is 14.7 Å². The highest BCUT2D eigenvalue weighted by Crippen LogP contribution is 2.36. The van der Waals surface area contributed by atoms with Gasteiger partial charge in [0, 0.05) is 54.9 Å². The first-order valence-electron chi connectivity index (χ1n) is 12.8. The van der Waals surface area contributed by atoms with Crippen LogP contribution in [-0.2, 0) is 33.0 Å². The molecule has 0 atom stereocenters. The minimum Gasteiger partial charge on any atom is -0.392 e. The Morgan fingerprint density at radius 2 is 1.92 bits per heavy atom. The van der Waals surface area contributed by atoms with Gasteiger partial charge in [0.25, 0.3) is 11.5 Å². The fraction of sp³-hybridized carbons (Fsp3) is 0.321. The van der Waals surface area contributed by atoms with Crippen molar-refractivity contribution in [3.8, 4) is 11.1 Å². The Balaban J connectivity index is 1.43. The van der Waals surface area contributed by atoms with Crippen molar-refractivity contribution >= 4 is 23.1 Å². The maximum absolute atomic E-state index is 15.1. The van der Waals surface area contributed by atoms with Gasteiger partial charge in [0.15, 0.2) is 5.82 Å². The Hall–Kier alpha value is -4.18. The number of aryl methyl sites for hydroxylation is 3. The molecule has 3 N–H and O–H groups in total. The van der Waals surface area contributed by atoms with Gasteiger partial charge in [-0.2, -0.15) is 5.10 Å². The number of nitrogens with zero attached hydrogens (tertiary/aromatic N) is 4. The number of rotatable bonds is 5. The second kappa shape index (κ2) is 9.29. The number of aromatic amines is 1. The van der Waals surface area contributed by atoms with Gasteiger partial charge in [0.05, 0.1) is 12.3 Å². The number of carbonyl (C=O) groups excluding carboxylic acids is 1. The lowest BCUT2D eigenvalue weighted by atomic mass is 9.97. The molecule has 1 amide bonds. The average Bonchev–Trinajstić information content (AvgIpc) is 3.49. The van der Waals surface area contributed by atoms with Crippen LogP contribution in [0.4, 0.5) is 21.6 Å². The Morgan fingerprint density at radius 1 is 1.11 bits per heavy atom. The summed E-state index contributed by atoms with van der Waals surface area (Å²) in [4.78, 5) is 28.0. The highest BCUT2D eigenvalue weighted by Gasteiger charge is 2.32. The Kier molecular flexibility index (Phi) is 5.91. The molecule has 0 bridgehead atoms. The van der Waals surface area contributed by atoms with Gasteiger partial charge in [0.2, 0.25) is 0 Å². The van der Waals surface area contributed by atoms with E-state index in [0.717, 1.165) is 31.4 Å². The zero-order valence-electron chi connectivity index (χ0n) is 21.3. The van der Waals surface area contributed by atoms with Gasteiger partial charge in [-0.05, 0) is 68.0 Å². The van der Waals surface area contributed by atoms with Crippen molar-refractivity contribution in [2.75, 3.05) is 16.8 Å². The molecule has 4 aromatic rings. The Morgan fingerprint density at radius 3 is 2.68 bits per heavy atom. The van der Waals surface area contributed by atoms with Crippen molar-refractivity contribution in [1.82, 2.24) is 19.3 Å². The van der Waals surface area contributed by atoms with Crippen molar-refractivity contribution < 1.29 is 14.3 Å². The molecule has 0 saturated carbocycles. The summed E-state index contributed by atoms with van der Waals surface area (Å²) in [7, 11) is 1.61. The summed E-state index contributed by atoms with van der Waals surface area (Å²) in [6.45, 7) is 2.43. The number of benzene rings is 1. The number of amides is 1. The molecule has 10 heteroatoms. The summed E-state index contributed by atoms with van der Waals surface area (Å²) in [5.74, 6) is -0.260. The van der Waals surface area contributed by atoms with E-state index in [1.165, 1.54) is 28.0 Å². The van der Waals surface area contributed by atoms with Gasteiger partial charge in [-0.25, -0.2) is 4.39 Å². The fourth-order valence-electron chi connectivity index (χ4n) is 5.72. The van der Waals surface area contributed by atoms with Gasteiger partial charge >= 0.3 is 0 Å².